The SMILES string of the molecule is CCCC1CCC2C3CCC(CC)C(CCC)(CC4C(C)C4C)C3CCC12C. The van der Waals surface area contributed by atoms with Crippen LogP contribution in [0.25, 0.3) is 0 Å². The monoisotopic (exact) mass is 386 g/mol. The maximum Gasteiger partial charge on any atom is -0.0235 e. The zero-order valence-electron chi connectivity index (χ0n) is 20.1. The molecule has 0 N–H and O–H groups in total. The fraction of sp³-hybridized carbons (Fsp3) is 1.00. The van der Waals surface area contributed by atoms with Crippen LogP contribution >= 0.6 is 0 Å². The van der Waals surface area contributed by atoms with E-state index >= 15 is 0 Å². The lowest BCUT2D eigenvalue weighted by Crippen LogP contribution is -2.53. The summed E-state index contributed by atoms with van der Waals surface area (Å²) in [6.45, 7) is 15.2. The zero-order chi connectivity index (χ0) is 20.1. The molecule has 9 unspecified atom stereocenters. The Morgan fingerprint density at radius 1 is 0.786 bits per heavy atom. The summed E-state index contributed by atoms with van der Waals surface area (Å²) < 4.78 is 0. The molecule has 0 aromatic carbocycles. The molecule has 0 aliphatic heterocycles. The molecule has 4 aliphatic rings. The topological polar surface area (TPSA) is 0 Å². The lowest BCUT2D eigenvalue weighted by atomic mass is 9.44. The minimum absolute atomic E-state index is 0.689. The van der Waals surface area contributed by atoms with Crippen LogP contribution in [-0.4, -0.2) is 0 Å². The molecule has 0 bridgehead atoms. The second-order valence-electron chi connectivity index (χ2n) is 12.2. The number of hydrogen-bond acceptors (Lipinski definition) is 0. The molecule has 0 saturated heterocycles. The molecule has 0 amide bonds. The highest BCUT2D eigenvalue weighted by molar-refractivity contribution is 5.10. The lowest BCUT2D eigenvalue weighted by Gasteiger charge is -2.61. The summed E-state index contributed by atoms with van der Waals surface area (Å²) in [6, 6.07) is 0. The van der Waals surface area contributed by atoms with Gasteiger partial charge in [0.2, 0.25) is 0 Å². The first-order chi connectivity index (χ1) is 13.4. The van der Waals surface area contributed by atoms with Crippen molar-refractivity contribution in [2.45, 2.75) is 119 Å². The van der Waals surface area contributed by atoms with Crippen molar-refractivity contribution in [3.63, 3.8) is 0 Å². The summed E-state index contributed by atoms with van der Waals surface area (Å²) in [6.07, 6.45) is 18.2. The molecule has 0 aromatic heterocycles. The Labute approximate surface area is 177 Å². The summed E-state index contributed by atoms with van der Waals surface area (Å²) in [7, 11) is 0. The van der Waals surface area contributed by atoms with Crippen LogP contribution in [0.15, 0.2) is 0 Å². The first-order valence-corrected chi connectivity index (χ1v) is 13.4. The van der Waals surface area contributed by atoms with Crippen molar-refractivity contribution in [2.75, 3.05) is 0 Å². The van der Waals surface area contributed by atoms with E-state index in [1.807, 2.05) is 0 Å². The first-order valence-electron chi connectivity index (χ1n) is 13.4. The van der Waals surface area contributed by atoms with E-state index in [4.69, 9.17) is 0 Å². The molecule has 4 saturated carbocycles. The maximum absolute atomic E-state index is 2.74. The molecule has 9 atom stereocenters. The maximum atomic E-state index is 2.74. The molecular formula is C28H50. The summed E-state index contributed by atoms with van der Waals surface area (Å²) in [4.78, 5) is 0. The van der Waals surface area contributed by atoms with E-state index in [-0.39, 0.29) is 0 Å². The van der Waals surface area contributed by atoms with Gasteiger partial charge in [0.1, 0.15) is 0 Å². The van der Waals surface area contributed by atoms with E-state index in [1.165, 1.54) is 32.1 Å². The Bertz CT molecular complexity index is 528. The van der Waals surface area contributed by atoms with Crippen molar-refractivity contribution < 1.29 is 0 Å². The van der Waals surface area contributed by atoms with Gasteiger partial charge in [0, 0.05) is 0 Å². The minimum atomic E-state index is 0.689. The molecule has 0 heteroatoms. The highest BCUT2D eigenvalue weighted by atomic mass is 14.7. The molecule has 28 heavy (non-hydrogen) atoms. The molecule has 0 nitrogen and oxygen atoms in total. The van der Waals surface area contributed by atoms with Gasteiger partial charge in [-0.25, -0.2) is 0 Å². The van der Waals surface area contributed by atoms with E-state index in [1.54, 1.807) is 44.9 Å². The zero-order valence-corrected chi connectivity index (χ0v) is 20.1. The third kappa shape index (κ3) is 3.13. The van der Waals surface area contributed by atoms with Crippen molar-refractivity contribution in [1.29, 1.82) is 0 Å². The van der Waals surface area contributed by atoms with Crippen LogP contribution in [0.5, 0.6) is 0 Å². The summed E-state index contributed by atoms with van der Waals surface area (Å²) in [5, 5.41) is 0. The van der Waals surface area contributed by atoms with Gasteiger partial charge in [0.05, 0.1) is 0 Å². The minimum Gasteiger partial charge on any atom is -0.0654 e. The highest BCUT2D eigenvalue weighted by Gasteiger charge is 2.61. The molecule has 4 rings (SSSR count). The van der Waals surface area contributed by atoms with Crippen LogP contribution in [0.1, 0.15) is 119 Å². The standard InChI is InChI=1S/C28H50/c1-7-10-22-12-14-25-23-13-11-21(9-3)28(16-8-2,18-24-19(4)20(24)5)26(23)15-17-27(22,25)6/h19-26H,7-18H2,1-6H3. The molecule has 4 aliphatic carbocycles. The van der Waals surface area contributed by atoms with Gasteiger partial charge < -0.3 is 0 Å². The molecule has 0 aromatic rings. The van der Waals surface area contributed by atoms with Gasteiger partial charge in [0.15, 0.2) is 0 Å². The van der Waals surface area contributed by atoms with Gasteiger partial charge in [-0.05, 0) is 110 Å². The van der Waals surface area contributed by atoms with Gasteiger partial charge in [-0.15, -0.1) is 0 Å². The van der Waals surface area contributed by atoms with Crippen molar-refractivity contribution in [3.8, 4) is 0 Å². The van der Waals surface area contributed by atoms with Crippen LogP contribution in [0, 0.1) is 58.2 Å². The first kappa shape index (κ1) is 21.2. The molecule has 0 radical (unpaired) electrons. The van der Waals surface area contributed by atoms with Crippen molar-refractivity contribution >= 4 is 0 Å². The van der Waals surface area contributed by atoms with Crippen LogP contribution in [0.4, 0.5) is 0 Å². The van der Waals surface area contributed by atoms with E-state index < -0.39 is 0 Å². The largest absolute Gasteiger partial charge is 0.0654 e. The third-order valence-corrected chi connectivity index (χ3v) is 11.5. The average Bonchev–Trinajstić information content (AvgIpc) is 3.08. The quantitative estimate of drug-likeness (QED) is 0.410. The fourth-order valence-electron chi connectivity index (χ4n) is 9.78. The van der Waals surface area contributed by atoms with Gasteiger partial charge >= 0.3 is 0 Å². The molecule has 162 valence electrons. The van der Waals surface area contributed by atoms with E-state index in [0.29, 0.717) is 10.8 Å². The molecule has 0 heterocycles. The highest BCUT2D eigenvalue weighted by Crippen LogP contribution is 2.69. The molecule has 0 spiro atoms. The van der Waals surface area contributed by atoms with Gasteiger partial charge in [-0.3, -0.25) is 0 Å². The Morgan fingerprint density at radius 2 is 1.50 bits per heavy atom. The normalized spacial score (nSPS) is 52.9. The smallest absolute Gasteiger partial charge is 0.0235 e. The van der Waals surface area contributed by atoms with Crippen molar-refractivity contribution in [2.24, 2.45) is 58.2 Å². The second-order valence-corrected chi connectivity index (χ2v) is 12.2. The number of fused-ring (bicyclic) bond motifs is 3. The van der Waals surface area contributed by atoms with Gasteiger partial charge in [-0.2, -0.15) is 0 Å². The van der Waals surface area contributed by atoms with Crippen LogP contribution in [-0.2, 0) is 0 Å². The van der Waals surface area contributed by atoms with Crippen molar-refractivity contribution in [3.05, 3.63) is 0 Å². The fourth-order valence-corrected chi connectivity index (χ4v) is 9.78. The summed E-state index contributed by atoms with van der Waals surface area (Å²) in [5.74, 6) is 8.29. The van der Waals surface area contributed by atoms with Crippen LogP contribution in [0.2, 0.25) is 0 Å². The van der Waals surface area contributed by atoms with Crippen LogP contribution in [0.3, 0.4) is 0 Å². The average molecular weight is 387 g/mol. The van der Waals surface area contributed by atoms with E-state index in [9.17, 15) is 0 Å². The Hall–Kier alpha value is 0. The summed E-state index contributed by atoms with van der Waals surface area (Å²) in [5.41, 5.74) is 1.38. The van der Waals surface area contributed by atoms with E-state index in [0.717, 1.165) is 47.3 Å². The van der Waals surface area contributed by atoms with Gasteiger partial charge in [-0.1, -0.05) is 67.2 Å². The van der Waals surface area contributed by atoms with E-state index in [2.05, 4.69) is 41.5 Å². The Morgan fingerprint density at radius 3 is 2.11 bits per heavy atom. The predicted molar refractivity (Wildman–Crippen MR) is 122 cm³/mol. The summed E-state index contributed by atoms with van der Waals surface area (Å²) >= 11 is 0. The van der Waals surface area contributed by atoms with Crippen molar-refractivity contribution in [1.82, 2.24) is 0 Å². The predicted octanol–water partition coefficient (Wildman–Crippen LogP) is 8.74. The number of rotatable bonds is 7. The second kappa shape index (κ2) is 7.92. The van der Waals surface area contributed by atoms with Crippen LogP contribution < -0.4 is 0 Å². The Balaban J connectivity index is 1.63. The molecule has 4 fully saturated rings. The Kier molecular flexibility index (Phi) is 6.01. The number of hydrogen-bond donors (Lipinski definition) is 0. The lowest BCUT2D eigenvalue weighted by molar-refractivity contribution is -0.116. The molecular weight excluding hydrogens is 336 g/mol. The van der Waals surface area contributed by atoms with Gasteiger partial charge in [0.25, 0.3) is 0 Å². The third-order valence-electron chi connectivity index (χ3n) is 11.5.